The summed E-state index contributed by atoms with van der Waals surface area (Å²) in [6, 6.07) is 0. The van der Waals surface area contributed by atoms with Crippen LogP contribution in [-0.2, 0) is 13.1 Å². The first-order chi connectivity index (χ1) is 11.6. The predicted molar refractivity (Wildman–Crippen MR) is 88.3 cm³/mol. The lowest BCUT2D eigenvalue weighted by Crippen LogP contribution is -2.45. The number of aryl methyl sites for hydroxylation is 4. The molecular weight excluding hydrogens is 410 g/mol. The summed E-state index contributed by atoms with van der Waals surface area (Å²) in [7, 11) is -12.0. The lowest BCUT2D eigenvalue weighted by Gasteiger charge is -1.94. The zero-order valence-electron chi connectivity index (χ0n) is 14.5. The highest BCUT2D eigenvalue weighted by Crippen LogP contribution is 2.09. The van der Waals surface area contributed by atoms with E-state index in [1.165, 1.54) is 21.1 Å². The van der Waals surface area contributed by atoms with Gasteiger partial charge in [-0.05, 0) is 13.8 Å². The van der Waals surface area contributed by atoms with Gasteiger partial charge in [-0.1, -0.05) is 22.7 Å². The SMILES string of the molecule is Cc1sc[n+](CC[n+]2csc(C)c2C)c1C.F[B-](F)(F)F.F[B-](F)(F)F. The second-order valence-corrected chi connectivity index (χ2v) is 7.22. The third-order valence-electron chi connectivity index (χ3n) is 3.18. The van der Waals surface area contributed by atoms with Crippen LogP contribution < -0.4 is 9.13 Å². The molecule has 0 aliphatic rings. The van der Waals surface area contributed by atoms with Crippen LogP contribution in [0.5, 0.6) is 0 Å². The van der Waals surface area contributed by atoms with E-state index in [0.29, 0.717) is 0 Å². The molecule has 0 atom stereocenters. The smallest absolute Gasteiger partial charge is 0.418 e. The molecule has 26 heavy (non-hydrogen) atoms. The molecule has 150 valence electrons. The standard InChI is InChI=1S/C12H18N2S2.2BF4/c1-9-11(3)15-7-13(9)5-6-14-8-16-12(4)10(14)2;2*2-1(3,4)5/h7-8H,5-6H2,1-4H3;;/q+2;2*-1. The second-order valence-electron chi connectivity index (χ2n) is 5.11. The van der Waals surface area contributed by atoms with Crippen molar-refractivity contribution in [3.63, 3.8) is 0 Å². The van der Waals surface area contributed by atoms with Crippen molar-refractivity contribution >= 4 is 37.2 Å². The molecule has 0 aliphatic carbocycles. The van der Waals surface area contributed by atoms with Gasteiger partial charge in [-0.25, -0.2) is 0 Å². The molecule has 0 spiro atoms. The number of hydrogen-bond acceptors (Lipinski definition) is 2. The summed E-state index contributed by atoms with van der Waals surface area (Å²) >= 11 is 3.66. The summed E-state index contributed by atoms with van der Waals surface area (Å²) in [4.78, 5) is 2.84. The Hall–Kier alpha value is -1.17. The van der Waals surface area contributed by atoms with E-state index < -0.39 is 14.5 Å². The molecule has 0 fully saturated rings. The first-order valence-corrected chi connectivity index (χ1v) is 8.98. The number of rotatable bonds is 3. The van der Waals surface area contributed by atoms with E-state index in [9.17, 15) is 34.5 Å². The summed E-state index contributed by atoms with van der Waals surface area (Å²) in [5, 5.41) is 0. The lowest BCUT2D eigenvalue weighted by atomic mass is 10.3. The molecule has 0 aliphatic heterocycles. The van der Waals surface area contributed by atoms with Gasteiger partial charge in [-0.15, -0.1) is 0 Å². The highest BCUT2D eigenvalue weighted by Gasteiger charge is 2.21. The first kappa shape index (κ1) is 24.8. The fraction of sp³-hybridized carbons (Fsp3) is 0.500. The average Bonchev–Trinajstić information content (AvgIpc) is 2.90. The van der Waals surface area contributed by atoms with E-state index in [-0.39, 0.29) is 0 Å². The van der Waals surface area contributed by atoms with Crippen LogP contribution in [0.3, 0.4) is 0 Å². The van der Waals surface area contributed by atoms with E-state index in [1.807, 2.05) is 22.7 Å². The molecule has 0 N–H and O–H groups in total. The summed E-state index contributed by atoms with van der Waals surface area (Å²) in [6.45, 7) is 10.9. The molecule has 2 rings (SSSR count). The predicted octanol–water partition coefficient (Wildman–Crippen LogP) is 4.92. The Morgan fingerprint density at radius 2 is 0.885 bits per heavy atom. The van der Waals surface area contributed by atoms with Crippen molar-refractivity contribution in [3.05, 3.63) is 32.2 Å². The molecule has 2 aromatic heterocycles. The zero-order chi connectivity index (χ0) is 20.7. The molecule has 0 unspecified atom stereocenters. The van der Waals surface area contributed by atoms with E-state index in [4.69, 9.17) is 0 Å². The number of hydrogen-bond donors (Lipinski definition) is 0. The van der Waals surface area contributed by atoms with Crippen LogP contribution in [0.15, 0.2) is 11.0 Å². The van der Waals surface area contributed by atoms with Gasteiger partial charge in [0.05, 0.1) is 9.75 Å². The average molecular weight is 428 g/mol. The maximum absolute atomic E-state index is 9.75. The van der Waals surface area contributed by atoms with Gasteiger partial charge in [0.1, 0.15) is 0 Å². The number of thiazole rings is 2. The zero-order valence-corrected chi connectivity index (χ0v) is 16.1. The van der Waals surface area contributed by atoms with Gasteiger partial charge in [0.2, 0.25) is 24.1 Å². The fourth-order valence-corrected chi connectivity index (χ4v) is 3.35. The molecule has 2 aromatic rings. The molecule has 2 heterocycles. The minimum atomic E-state index is -6.00. The van der Waals surface area contributed by atoms with Gasteiger partial charge in [0.25, 0.3) is 0 Å². The number of aromatic nitrogens is 2. The Balaban J connectivity index is 0.000000520. The van der Waals surface area contributed by atoms with Gasteiger partial charge in [-0.3, -0.25) is 0 Å². The van der Waals surface area contributed by atoms with Crippen molar-refractivity contribution in [1.29, 1.82) is 0 Å². The molecule has 14 heteroatoms. The van der Waals surface area contributed by atoms with Crippen molar-refractivity contribution < 1.29 is 43.7 Å². The first-order valence-electron chi connectivity index (χ1n) is 7.22. The van der Waals surface area contributed by atoms with Crippen LogP contribution in [0.1, 0.15) is 21.1 Å². The maximum atomic E-state index is 9.75. The minimum Gasteiger partial charge on any atom is -0.418 e. The van der Waals surface area contributed by atoms with Crippen molar-refractivity contribution in [1.82, 2.24) is 0 Å². The molecular formula is C12H18B2F8N2S2. The van der Waals surface area contributed by atoms with Crippen LogP contribution in [0.4, 0.5) is 34.5 Å². The molecule has 0 radical (unpaired) electrons. The normalized spacial score (nSPS) is 11.4. The monoisotopic (exact) mass is 428 g/mol. The molecule has 0 aromatic carbocycles. The second kappa shape index (κ2) is 10.2. The van der Waals surface area contributed by atoms with Gasteiger partial charge in [-0.2, -0.15) is 9.13 Å². The van der Waals surface area contributed by atoms with E-state index in [2.05, 4.69) is 47.9 Å². The summed E-state index contributed by atoms with van der Waals surface area (Å²) in [5.41, 5.74) is 7.24. The topological polar surface area (TPSA) is 7.76 Å². The van der Waals surface area contributed by atoms with Gasteiger partial charge in [0, 0.05) is 13.8 Å². The maximum Gasteiger partial charge on any atom is 0.673 e. The van der Waals surface area contributed by atoms with E-state index in [0.717, 1.165) is 13.1 Å². The minimum absolute atomic E-state index is 1.07. The fourth-order valence-electron chi connectivity index (χ4n) is 1.67. The van der Waals surface area contributed by atoms with Gasteiger partial charge >= 0.3 is 14.5 Å². The Bertz CT molecular complexity index is 612. The largest absolute Gasteiger partial charge is 0.673 e. The number of nitrogens with zero attached hydrogens (tertiary/aromatic N) is 2. The molecule has 0 saturated carbocycles. The van der Waals surface area contributed by atoms with Crippen LogP contribution in [0.2, 0.25) is 0 Å². The Kier molecular flexibility index (Phi) is 9.78. The highest BCUT2D eigenvalue weighted by atomic mass is 32.1. The summed E-state index contributed by atoms with van der Waals surface area (Å²) < 4.78 is 82.7. The molecule has 0 bridgehead atoms. The Morgan fingerprint density at radius 1 is 0.654 bits per heavy atom. The third kappa shape index (κ3) is 12.2. The lowest BCUT2D eigenvalue weighted by molar-refractivity contribution is -0.779. The molecule has 0 amide bonds. The van der Waals surface area contributed by atoms with Gasteiger partial charge in [0.15, 0.2) is 11.4 Å². The Labute approximate surface area is 154 Å². The van der Waals surface area contributed by atoms with Crippen LogP contribution in [-0.4, -0.2) is 14.5 Å². The van der Waals surface area contributed by atoms with Gasteiger partial charge < -0.3 is 34.5 Å². The molecule has 0 saturated heterocycles. The summed E-state index contributed by atoms with van der Waals surface area (Å²) in [6.07, 6.45) is 0. The van der Waals surface area contributed by atoms with Crippen LogP contribution in [0, 0.1) is 27.7 Å². The quantitative estimate of drug-likeness (QED) is 0.373. The highest BCUT2D eigenvalue weighted by molar-refractivity contribution is 7.09. The van der Waals surface area contributed by atoms with E-state index >= 15 is 0 Å². The summed E-state index contributed by atoms with van der Waals surface area (Å²) in [5.74, 6) is 0. The van der Waals surface area contributed by atoms with Crippen molar-refractivity contribution in [3.8, 4) is 0 Å². The van der Waals surface area contributed by atoms with Crippen molar-refractivity contribution in [2.75, 3.05) is 0 Å². The van der Waals surface area contributed by atoms with Crippen molar-refractivity contribution in [2.45, 2.75) is 40.8 Å². The van der Waals surface area contributed by atoms with Crippen molar-refractivity contribution in [2.24, 2.45) is 0 Å². The van der Waals surface area contributed by atoms with Crippen LogP contribution >= 0.6 is 22.7 Å². The van der Waals surface area contributed by atoms with Crippen LogP contribution in [0.25, 0.3) is 0 Å². The molecule has 2 nitrogen and oxygen atoms in total. The van der Waals surface area contributed by atoms with E-state index in [1.54, 1.807) is 0 Å². The third-order valence-corrected chi connectivity index (χ3v) is 5.19. The Morgan fingerprint density at radius 3 is 1.04 bits per heavy atom. The number of halogens is 8.